The summed E-state index contributed by atoms with van der Waals surface area (Å²) in [7, 11) is 6.05. The maximum Gasteiger partial charge on any atom is 0.191 e. The summed E-state index contributed by atoms with van der Waals surface area (Å²) in [6.45, 7) is 4.90. The van der Waals surface area contributed by atoms with E-state index in [1.165, 1.54) is 42.6 Å². The first-order valence-electron chi connectivity index (χ1n) is 10.6. The molecule has 30 heavy (non-hydrogen) atoms. The van der Waals surface area contributed by atoms with Crippen LogP contribution in [-0.2, 0) is 13.1 Å². The maximum atomic E-state index is 4.45. The van der Waals surface area contributed by atoms with E-state index < -0.39 is 0 Å². The molecule has 0 spiro atoms. The van der Waals surface area contributed by atoms with E-state index >= 15 is 0 Å². The number of guanidine groups is 1. The normalized spacial score (nSPS) is 15.7. The highest BCUT2D eigenvalue weighted by Crippen LogP contribution is 2.24. The molecule has 0 radical (unpaired) electrons. The van der Waals surface area contributed by atoms with Gasteiger partial charge in [-0.25, -0.2) is 0 Å². The zero-order chi connectivity index (χ0) is 20.5. The number of likely N-dealkylation sites (tertiary alicyclic amines) is 1. The largest absolute Gasteiger partial charge is 0.354 e. The smallest absolute Gasteiger partial charge is 0.191 e. The van der Waals surface area contributed by atoms with Gasteiger partial charge in [0.15, 0.2) is 5.96 Å². The van der Waals surface area contributed by atoms with Crippen molar-refractivity contribution in [3.63, 3.8) is 0 Å². The minimum atomic E-state index is 0. The molecule has 164 valence electrons. The van der Waals surface area contributed by atoms with Crippen LogP contribution < -0.4 is 10.6 Å². The predicted molar refractivity (Wildman–Crippen MR) is 137 cm³/mol. The van der Waals surface area contributed by atoms with Crippen LogP contribution in [0.2, 0.25) is 0 Å². The molecule has 1 aliphatic heterocycles. The molecule has 0 amide bonds. The van der Waals surface area contributed by atoms with Crippen LogP contribution in [0.25, 0.3) is 0 Å². The maximum absolute atomic E-state index is 4.45. The van der Waals surface area contributed by atoms with Crippen LogP contribution >= 0.6 is 24.0 Å². The molecular weight excluding hydrogens is 485 g/mol. The summed E-state index contributed by atoms with van der Waals surface area (Å²) in [5.74, 6) is 0.852. The molecule has 3 rings (SSSR count). The van der Waals surface area contributed by atoms with E-state index in [0.29, 0.717) is 6.04 Å². The Morgan fingerprint density at radius 1 is 0.967 bits per heavy atom. The van der Waals surface area contributed by atoms with Crippen molar-refractivity contribution >= 4 is 29.9 Å². The van der Waals surface area contributed by atoms with E-state index in [2.05, 4.69) is 94.1 Å². The van der Waals surface area contributed by atoms with Crippen molar-refractivity contribution in [2.45, 2.75) is 32.0 Å². The minimum absolute atomic E-state index is 0. The fraction of sp³-hybridized carbons (Fsp3) is 0.458. The predicted octanol–water partition coefficient (Wildman–Crippen LogP) is 3.87. The molecule has 0 bridgehead atoms. The fourth-order valence-corrected chi connectivity index (χ4v) is 4.00. The molecule has 0 saturated carbocycles. The standard InChI is InChI=1S/C24H35N5.HI/c1-25-24(26-17-21-13-7-8-14-22(21)19-28(2)3)27-18-23(29-15-9-10-16-29)20-11-5-4-6-12-20;/h4-8,11-14,23H,9-10,15-19H2,1-3H3,(H2,25,26,27);1H. The van der Waals surface area contributed by atoms with Crippen molar-refractivity contribution in [2.75, 3.05) is 40.8 Å². The minimum Gasteiger partial charge on any atom is -0.354 e. The first-order chi connectivity index (χ1) is 14.2. The van der Waals surface area contributed by atoms with Gasteiger partial charge in [-0.15, -0.1) is 24.0 Å². The van der Waals surface area contributed by atoms with E-state index in [0.717, 1.165) is 25.6 Å². The monoisotopic (exact) mass is 521 g/mol. The molecule has 1 aliphatic rings. The Morgan fingerprint density at radius 3 is 2.23 bits per heavy atom. The average Bonchev–Trinajstić information content (AvgIpc) is 3.26. The van der Waals surface area contributed by atoms with E-state index in [-0.39, 0.29) is 24.0 Å². The third kappa shape index (κ3) is 7.25. The summed E-state index contributed by atoms with van der Waals surface area (Å²) in [6.07, 6.45) is 2.58. The van der Waals surface area contributed by atoms with Gasteiger partial charge in [-0.1, -0.05) is 54.6 Å². The SMILES string of the molecule is CN=C(NCc1ccccc1CN(C)C)NCC(c1ccccc1)N1CCCC1.I. The highest BCUT2D eigenvalue weighted by molar-refractivity contribution is 14.0. The van der Waals surface area contributed by atoms with Gasteiger partial charge in [0.1, 0.15) is 0 Å². The highest BCUT2D eigenvalue weighted by atomic mass is 127. The first-order valence-corrected chi connectivity index (χ1v) is 10.6. The Balaban J connectivity index is 0.00000320. The number of rotatable bonds is 8. The zero-order valence-electron chi connectivity index (χ0n) is 18.5. The summed E-state index contributed by atoms with van der Waals surface area (Å²) >= 11 is 0. The van der Waals surface area contributed by atoms with E-state index in [9.17, 15) is 0 Å². The van der Waals surface area contributed by atoms with E-state index in [4.69, 9.17) is 0 Å². The molecule has 1 unspecified atom stereocenters. The van der Waals surface area contributed by atoms with Crippen LogP contribution in [0.3, 0.4) is 0 Å². The molecule has 1 fully saturated rings. The van der Waals surface area contributed by atoms with Crippen LogP contribution in [0, 0.1) is 0 Å². The van der Waals surface area contributed by atoms with Crippen LogP contribution in [0.1, 0.15) is 35.6 Å². The highest BCUT2D eigenvalue weighted by Gasteiger charge is 2.23. The topological polar surface area (TPSA) is 42.9 Å². The first kappa shape index (κ1) is 24.6. The number of aliphatic imine (C=N–C) groups is 1. The number of hydrogen-bond acceptors (Lipinski definition) is 3. The van der Waals surface area contributed by atoms with Crippen molar-refractivity contribution in [2.24, 2.45) is 4.99 Å². The van der Waals surface area contributed by atoms with E-state index in [1.807, 2.05) is 7.05 Å². The third-order valence-electron chi connectivity index (χ3n) is 5.50. The van der Waals surface area contributed by atoms with Gasteiger partial charge in [0.2, 0.25) is 0 Å². The lowest BCUT2D eigenvalue weighted by molar-refractivity contribution is 0.245. The molecule has 1 atom stereocenters. The molecular formula is C24H36IN5. The van der Waals surface area contributed by atoms with Gasteiger partial charge >= 0.3 is 0 Å². The van der Waals surface area contributed by atoms with Crippen LogP contribution in [0.5, 0.6) is 0 Å². The molecule has 5 nitrogen and oxygen atoms in total. The van der Waals surface area contributed by atoms with E-state index in [1.54, 1.807) is 0 Å². The van der Waals surface area contributed by atoms with Gasteiger partial charge in [0.05, 0.1) is 6.04 Å². The Labute approximate surface area is 199 Å². The Bertz CT molecular complexity index is 772. The summed E-state index contributed by atoms with van der Waals surface area (Å²) in [4.78, 5) is 9.24. The quantitative estimate of drug-likeness (QED) is 0.315. The van der Waals surface area contributed by atoms with Crippen molar-refractivity contribution in [1.29, 1.82) is 0 Å². The molecule has 1 heterocycles. The van der Waals surface area contributed by atoms with Gasteiger partial charge in [-0.2, -0.15) is 0 Å². The second-order valence-corrected chi connectivity index (χ2v) is 7.98. The Morgan fingerprint density at radius 2 is 1.60 bits per heavy atom. The van der Waals surface area contributed by atoms with Crippen LogP contribution in [0.15, 0.2) is 59.6 Å². The van der Waals surface area contributed by atoms with Gasteiger partial charge in [0, 0.05) is 26.7 Å². The fourth-order valence-electron chi connectivity index (χ4n) is 4.00. The van der Waals surface area contributed by atoms with Gasteiger partial charge in [0.25, 0.3) is 0 Å². The Hall–Kier alpha value is -1.64. The number of nitrogens with one attached hydrogen (secondary N) is 2. The van der Waals surface area contributed by atoms with Crippen molar-refractivity contribution < 1.29 is 0 Å². The number of hydrogen-bond donors (Lipinski definition) is 2. The molecule has 0 aliphatic carbocycles. The zero-order valence-corrected chi connectivity index (χ0v) is 20.8. The Kier molecular flexibility index (Phi) is 10.6. The molecule has 2 aromatic rings. The molecule has 6 heteroatoms. The lowest BCUT2D eigenvalue weighted by Gasteiger charge is -2.29. The number of benzene rings is 2. The number of halogens is 1. The van der Waals surface area contributed by atoms with Crippen LogP contribution in [-0.4, -0.2) is 56.5 Å². The summed E-state index contributed by atoms with van der Waals surface area (Å²) in [5, 5.41) is 7.06. The lowest BCUT2D eigenvalue weighted by Crippen LogP contribution is -2.42. The van der Waals surface area contributed by atoms with Crippen molar-refractivity contribution in [1.82, 2.24) is 20.4 Å². The second kappa shape index (κ2) is 12.9. The second-order valence-electron chi connectivity index (χ2n) is 7.98. The molecule has 2 aromatic carbocycles. The third-order valence-corrected chi connectivity index (χ3v) is 5.50. The van der Waals surface area contributed by atoms with Crippen LogP contribution in [0.4, 0.5) is 0 Å². The molecule has 0 aromatic heterocycles. The molecule has 1 saturated heterocycles. The van der Waals surface area contributed by atoms with Gasteiger partial charge in [-0.05, 0) is 56.7 Å². The lowest BCUT2D eigenvalue weighted by atomic mass is 10.1. The number of nitrogens with zero attached hydrogens (tertiary/aromatic N) is 3. The average molecular weight is 521 g/mol. The summed E-state index contributed by atoms with van der Waals surface area (Å²) in [6, 6.07) is 19.8. The summed E-state index contributed by atoms with van der Waals surface area (Å²) in [5.41, 5.74) is 4.02. The summed E-state index contributed by atoms with van der Waals surface area (Å²) < 4.78 is 0. The van der Waals surface area contributed by atoms with Gasteiger partial charge in [-0.3, -0.25) is 9.89 Å². The van der Waals surface area contributed by atoms with Gasteiger partial charge < -0.3 is 15.5 Å². The van der Waals surface area contributed by atoms with Crippen molar-refractivity contribution in [3.05, 3.63) is 71.3 Å². The molecule has 2 N–H and O–H groups in total. The van der Waals surface area contributed by atoms with Crippen molar-refractivity contribution in [3.8, 4) is 0 Å².